The second-order valence-electron chi connectivity index (χ2n) is 5.51. The van der Waals surface area contributed by atoms with Gasteiger partial charge < -0.3 is 33.6 Å². The summed E-state index contributed by atoms with van der Waals surface area (Å²) in [5, 5.41) is 21.8. The van der Waals surface area contributed by atoms with E-state index in [9.17, 15) is 10.2 Å². The Labute approximate surface area is 129 Å². The molecule has 1 aromatic rings. The van der Waals surface area contributed by atoms with E-state index in [-0.39, 0.29) is 13.2 Å². The van der Waals surface area contributed by atoms with Crippen LogP contribution in [-0.4, -0.2) is 75.3 Å². The number of hydrogen-bond donors (Lipinski definition) is 2. The highest BCUT2D eigenvalue weighted by Gasteiger charge is 2.75. The Hall–Kier alpha value is -0.960. The van der Waals surface area contributed by atoms with Gasteiger partial charge in [-0.2, -0.15) is 0 Å². The van der Waals surface area contributed by atoms with E-state index in [1.807, 2.05) is 0 Å². The molecule has 22 heavy (non-hydrogen) atoms. The first-order valence-corrected chi connectivity index (χ1v) is 7.02. The van der Waals surface area contributed by atoms with Crippen LogP contribution in [0.3, 0.4) is 0 Å². The summed E-state index contributed by atoms with van der Waals surface area (Å²) in [6.45, 7) is 0.218. The second kappa shape index (κ2) is 6.66. The number of ether oxygens (including phenoxy) is 4. The van der Waals surface area contributed by atoms with Gasteiger partial charge in [-0.1, -0.05) is 0 Å². The summed E-state index contributed by atoms with van der Waals surface area (Å²) in [5.74, 6) is -0.167. The molecule has 0 amide bonds. The molecule has 0 bridgehead atoms. The molecule has 0 aliphatic heterocycles. The molecule has 5 atom stereocenters. The zero-order chi connectivity index (χ0) is 16.4. The predicted molar refractivity (Wildman–Crippen MR) is 76.7 cm³/mol. The summed E-state index contributed by atoms with van der Waals surface area (Å²) >= 11 is 0. The van der Waals surface area contributed by atoms with Crippen molar-refractivity contribution in [3.8, 4) is 0 Å². The van der Waals surface area contributed by atoms with Gasteiger partial charge >= 0.3 is 0 Å². The number of furan rings is 1. The minimum absolute atomic E-state index is 0.0990. The Balaban J connectivity index is 2.45. The molecule has 1 heterocycles. The van der Waals surface area contributed by atoms with Gasteiger partial charge in [0, 0.05) is 28.4 Å². The van der Waals surface area contributed by atoms with E-state index in [2.05, 4.69) is 0 Å². The molecule has 1 unspecified atom stereocenters. The zero-order valence-electron chi connectivity index (χ0n) is 13.3. The fourth-order valence-electron chi connectivity index (χ4n) is 3.51. The molecule has 1 fully saturated rings. The van der Waals surface area contributed by atoms with Crippen molar-refractivity contribution in [3.63, 3.8) is 0 Å². The van der Waals surface area contributed by atoms with Gasteiger partial charge in [-0.05, 0) is 12.1 Å². The average Bonchev–Trinajstić information content (AvgIpc) is 3.04. The fraction of sp³-hybridized carbons (Fsp3) is 0.733. The van der Waals surface area contributed by atoms with E-state index < -0.39 is 29.3 Å². The Morgan fingerprint density at radius 1 is 1.27 bits per heavy atom. The monoisotopic (exact) mass is 316 g/mol. The fourth-order valence-corrected chi connectivity index (χ4v) is 3.51. The van der Waals surface area contributed by atoms with Crippen molar-refractivity contribution >= 4 is 0 Å². The van der Waals surface area contributed by atoms with Crippen LogP contribution in [0, 0.1) is 0 Å². The maximum Gasteiger partial charge on any atom is 0.134 e. The summed E-state index contributed by atoms with van der Waals surface area (Å²) in [6, 6.07) is 3.44. The third kappa shape index (κ3) is 2.29. The van der Waals surface area contributed by atoms with Gasteiger partial charge in [-0.25, -0.2) is 0 Å². The largest absolute Gasteiger partial charge is 0.469 e. The van der Waals surface area contributed by atoms with Crippen LogP contribution in [0.4, 0.5) is 0 Å². The van der Waals surface area contributed by atoms with E-state index in [1.165, 1.54) is 34.7 Å². The molecular weight excluding hydrogens is 292 g/mol. The predicted octanol–water partition coefficient (Wildman–Crippen LogP) is 0.162. The molecule has 0 radical (unpaired) electrons. The maximum atomic E-state index is 11.1. The Morgan fingerprint density at radius 3 is 2.45 bits per heavy atom. The van der Waals surface area contributed by atoms with Crippen LogP contribution in [0.2, 0.25) is 0 Å². The third-order valence-electron chi connectivity index (χ3n) is 4.55. The average molecular weight is 316 g/mol. The Kier molecular flexibility index (Phi) is 5.26. The summed E-state index contributed by atoms with van der Waals surface area (Å²) in [7, 11) is 5.93. The molecule has 2 N–H and O–H groups in total. The van der Waals surface area contributed by atoms with Gasteiger partial charge in [-0.3, -0.25) is 0 Å². The van der Waals surface area contributed by atoms with Crippen molar-refractivity contribution in [2.45, 2.75) is 29.3 Å². The quantitative estimate of drug-likeness (QED) is 0.706. The normalized spacial score (nSPS) is 36.1. The smallest absolute Gasteiger partial charge is 0.134 e. The van der Waals surface area contributed by atoms with Crippen LogP contribution < -0.4 is 0 Å². The molecule has 0 aromatic carbocycles. The lowest BCUT2D eigenvalue weighted by atomic mass is 9.52. The van der Waals surface area contributed by atoms with E-state index in [0.29, 0.717) is 5.76 Å². The van der Waals surface area contributed by atoms with Crippen molar-refractivity contribution in [2.75, 3.05) is 41.7 Å². The number of methoxy groups -OCH3 is 4. The molecule has 0 spiro atoms. The highest BCUT2D eigenvalue weighted by molar-refractivity contribution is 5.34. The maximum absolute atomic E-state index is 11.1. The SMILES string of the molecule is COC[C@@H](OC)[C@]1(O)C(c2ccco2)[C@@](COC)(OC)[C@H]1O. The second-order valence-corrected chi connectivity index (χ2v) is 5.51. The molecule has 126 valence electrons. The molecule has 1 saturated carbocycles. The Morgan fingerprint density at radius 2 is 2.00 bits per heavy atom. The van der Waals surface area contributed by atoms with Crippen LogP contribution in [0.1, 0.15) is 11.7 Å². The van der Waals surface area contributed by atoms with Crippen LogP contribution in [0.5, 0.6) is 0 Å². The van der Waals surface area contributed by atoms with Gasteiger partial charge in [0.15, 0.2) is 0 Å². The van der Waals surface area contributed by atoms with Gasteiger partial charge in [-0.15, -0.1) is 0 Å². The molecule has 2 rings (SSSR count). The van der Waals surface area contributed by atoms with Gasteiger partial charge in [0.1, 0.15) is 29.2 Å². The zero-order valence-corrected chi connectivity index (χ0v) is 13.3. The first kappa shape index (κ1) is 17.4. The molecule has 1 aromatic heterocycles. The van der Waals surface area contributed by atoms with E-state index in [1.54, 1.807) is 12.1 Å². The standard InChI is InChI=1S/C15H24O7/c1-18-8-11(20-3)15(17)12(10-6-5-7-22-10)14(21-4,9-19-2)13(15)16/h5-7,11-13,16-17H,8-9H2,1-4H3/t11-,12?,13-,14-,15+/m1/s1. The molecule has 0 saturated heterocycles. The summed E-state index contributed by atoms with van der Waals surface area (Å²) in [5.41, 5.74) is -2.73. The number of aliphatic hydroxyl groups is 2. The van der Waals surface area contributed by atoms with Crippen molar-refractivity contribution in [1.82, 2.24) is 0 Å². The lowest BCUT2D eigenvalue weighted by Gasteiger charge is -2.63. The van der Waals surface area contributed by atoms with Gasteiger partial charge in [0.05, 0.1) is 25.4 Å². The minimum atomic E-state index is -1.61. The summed E-state index contributed by atoms with van der Waals surface area (Å²) < 4.78 is 26.6. The third-order valence-corrected chi connectivity index (χ3v) is 4.55. The first-order valence-electron chi connectivity index (χ1n) is 7.02. The summed E-state index contributed by atoms with van der Waals surface area (Å²) in [4.78, 5) is 0. The van der Waals surface area contributed by atoms with Crippen molar-refractivity contribution in [1.29, 1.82) is 0 Å². The Bertz CT molecular complexity index is 462. The lowest BCUT2D eigenvalue weighted by Crippen LogP contribution is -2.82. The van der Waals surface area contributed by atoms with Crippen LogP contribution in [-0.2, 0) is 18.9 Å². The summed E-state index contributed by atoms with van der Waals surface area (Å²) in [6.07, 6.45) is -0.464. The van der Waals surface area contributed by atoms with Gasteiger partial charge in [0.2, 0.25) is 0 Å². The highest BCUT2D eigenvalue weighted by atomic mass is 16.6. The first-order chi connectivity index (χ1) is 10.5. The van der Waals surface area contributed by atoms with E-state index >= 15 is 0 Å². The minimum Gasteiger partial charge on any atom is -0.469 e. The van der Waals surface area contributed by atoms with E-state index in [4.69, 9.17) is 23.4 Å². The van der Waals surface area contributed by atoms with Crippen LogP contribution in [0.15, 0.2) is 22.8 Å². The van der Waals surface area contributed by atoms with Crippen LogP contribution >= 0.6 is 0 Å². The molecule has 7 heteroatoms. The topological polar surface area (TPSA) is 90.5 Å². The number of aliphatic hydroxyl groups excluding tert-OH is 1. The highest BCUT2D eigenvalue weighted by Crippen LogP contribution is 2.57. The molecule has 7 nitrogen and oxygen atoms in total. The number of rotatable bonds is 8. The molecular formula is C15H24O7. The molecule has 1 aliphatic carbocycles. The van der Waals surface area contributed by atoms with Crippen LogP contribution in [0.25, 0.3) is 0 Å². The van der Waals surface area contributed by atoms with Gasteiger partial charge in [0.25, 0.3) is 0 Å². The van der Waals surface area contributed by atoms with Crippen molar-refractivity contribution in [3.05, 3.63) is 24.2 Å². The molecule has 1 aliphatic rings. The van der Waals surface area contributed by atoms with Crippen molar-refractivity contribution in [2.24, 2.45) is 0 Å². The van der Waals surface area contributed by atoms with E-state index in [0.717, 1.165) is 0 Å². The lowest BCUT2D eigenvalue weighted by molar-refractivity contribution is -0.341. The number of hydrogen-bond acceptors (Lipinski definition) is 7. The van der Waals surface area contributed by atoms with Crippen molar-refractivity contribution < 1.29 is 33.6 Å².